The van der Waals surface area contributed by atoms with Gasteiger partial charge in [0.05, 0.1) is 17.4 Å². The average molecular weight is 574 g/mol. The molecule has 0 spiro atoms. The van der Waals surface area contributed by atoms with Crippen LogP contribution in [-0.4, -0.2) is 78.8 Å². The Kier molecular flexibility index (Phi) is 10.5. The summed E-state index contributed by atoms with van der Waals surface area (Å²) in [5, 5.41) is 5.65. The Bertz CT molecular complexity index is 1330. The number of pyridine rings is 1. The predicted octanol–water partition coefficient (Wildman–Crippen LogP) is 5.28. The molecule has 0 saturated heterocycles. The number of hydrogen-bond donors (Lipinski definition) is 2. The third kappa shape index (κ3) is 8.08. The molecule has 0 radical (unpaired) electrons. The van der Waals surface area contributed by atoms with Crippen molar-refractivity contribution in [2.75, 3.05) is 39.2 Å². The van der Waals surface area contributed by atoms with Gasteiger partial charge in [0.15, 0.2) is 0 Å². The summed E-state index contributed by atoms with van der Waals surface area (Å²) in [5.74, 6) is 0.434. The number of nitrogens with zero attached hydrogens (tertiary/aromatic N) is 3. The van der Waals surface area contributed by atoms with Crippen LogP contribution >= 0.6 is 0 Å². The molecule has 0 saturated carbocycles. The Morgan fingerprint density at radius 1 is 1.10 bits per heavy atom. The van der Waals surface area contributed by atoms with E-state index in [-0.39, 0.29) is 36.0 Å². The standard InChI is InChI=1S/C33H43N5O4/c1-22(2)35-33(40)36-27-14-15-28-30(17-27)42-21-24(4)38(18-23(3)31(41-6)20-37(5)32(28)39)19-25-10-12-26(13-11-25)29-9-7-8-16-34-29/h7-17,22-24,31H,18-21H2,1-6H3,(H2,35,36,40)/t23-,24-,31+/m1/s1. The molecule has 9 nitrogen and oxygen atoms in total. The molecule has 2 aromatic carbocycles. The van der Waals surface area contributed by atoms with Crippen LogP contribution in [0.2, 0.25) is 0 Å². The van der Waals surface area contributed by atoms with Crippen molar-refractivity contribution in [2.45, 2.75) is 52.4 Å². The van der Waals surface area contributed by atoms with E-state index < -0.39 is 0 Å². The molecule has 3 atom stereocenters. The monoisotopic (exact) mass is 573 g/mol. The molecule has 224 valence electrons. The summed E-state index contributed by atoms with van der Waals surface area (Å²) in [7, 11) is 3.48. The summed E-state index contributed by atoms with van der Waals surface area (Å²) >= 11 is 0. The highest BCUT2D eigenvalue weighted by Gasteiger charge is 2.28. The van der Waals surface area contributed by atoms with Crippen LogP contribution in [0.3, 0.4) is 0 Å². The van der Waals surface area contributed by atoms with Crippen molar-refractivity contribution in [3.8, 4) is 17.0 Å². The average Bonchev–Trinajstić information content (AvgIpc) is 2.97. The zero-order valence-corrected chi connectivity index (χ0v) is 25.5. The Labute approximate surface area is 249 Å². The molecule has 4 rings (SSSR count). The smallest absolute Gasteiger partial charge is 0.319 e. The number of amides is 3. The molecule has 0 aliphatic carbocycles. The first-order valence-electron chi connectivity index (χ1n) is 14.5. The summed E-state index contributed by atoms with van der Waals surface area (Å²) in [6.07, 6.45) is 1.65. The molecule has 0 fully saturated rings. The minimum Gasteiger partial charge on any atom is -0.491 e. The number of anilines is 1. The number of fused-ring (bicyclic) bond motifs is 1. The van der Waals surface area contributed by atoms with Gasteiger partial charge in [-0.3, -0.25) is 14.7 Å². The molecule has 0 bridgehead atoms. The Morgan fingerprint density at radius 3 is 2.52 bits per heavy atom. The lowest BCUT2D eigenvalue weighted by molar-refractivity contribution is 0.00922. The Hall–Kier alpha value is -3.95. The van der Waals surface area contributed by atoms with Crippen molar-refractivity contribution in [2.24, 2.45) is 5.92 Å². The second-order valence-corrected chi connectivity index (χ2v) is 11.4. The molecule has 1 aliphatic heterocycles. The molecule has 2 N–H and O–H groups in total. The van der Waals surface area contributed by atoms with E-state index in [9.17, 15) is 9.59 Å². The third-order valence-corrected chi connectivity index (χ3v) is 7.55. The van der Waals surface area contributed by atoms with Crippen LogP contribution in [0.5, 0.6) is 5.75 Å². The number of nitrogens with one attached hydrogen (secondary N) is 2. The fourth-order valence-electron chi connectivity index (χ4n) is 5.12. The molecule has 3 amide bonds. The number of carbonyl (C=O) groups excluding carboxylic acids is 2. The maximum atomic E-state index is 13.5. The molecule has 1 aliphatic rings. The van der Waals surface area contributed by atoms with Crippen LogP contribution in [0.25, 0.3) is 11.3 Å². The van der Waals surface area contributed by atoms with E-state index >= 15 is 0 Å². The normalized spacial score (nSPS) is 20.2. The summed E-state index contributed by atoms with van der Waals surface area (Å²) < 4.78 is 12.2. The highest BCUT2D eigenvalue weighted by Crippen LogP contribution is 2.27. The highest BCUT2D eigenvalue weighted by atomic mass is 16.5. The minimum atomic E-state index is -0.313. The van der Waals surface area contributed by atoms with Gasteiger partial charge in [0.25, 0.3) is 5.91 Å². The van der Waals surface area contributed by atoms with Crippen molar-refractivity contribution in [1.82, 2.24) is 20.1 Å². The van der Waals surface area contributed by atoms with E-state index in [0.29, 0.717) is 30.2 Å². The number of rotatable bonds is 6. The van der Waals surface area contributed by atoms with Gasteiger partial charge in [0.1, 0.15) is 12.4 Å². The summed E-state index contributed by atoms with van der Waals surface area (Å²) in [4.78, 5) is 34.4. The number of carbonyl (C=O) groups is 2. The zero-order chi connectivity index (χ0) is 30.2. The number of benzene rings is 2. The van der Waals surface area contributed by atoms with Crippen LogP contribution in [0.15, 0.2) is 66.9 Å². The SMILES string of the molecule is CO[C@H]1CN(C)C(=O)c2ccc(NC(=O)NC(C)C)cc2OC[C@@H](C)N(Cc2ccc(-c3ccccn3)cc2)C[C@H]1C. The van der Waals surface area contributed by atoms with E-state index in [1.807, 2.05) is 32.0 Å². The molecular weight excluding hydrogens is 530 g/mol. The first-order valence-corrected chi connectivity index (χ1v) is 14.5. The van der Waals surface area contributed by atoms with Crippen LogP contribution in [0.1, 0.15) is 43.6 Å². The maximum absolute atomic E-state index is 13.5. The molecule has 2 heterocycles. The molecule has 1 aromatic heterocycles. The minimum absolute atomic E-state index is 0.00470. The summed E-state index contributed by atoms with van der Waals surface area (Å²) in [5.41, 5.74) is 4.20. The van der Waals surface area contributed by atoms with E-state index in [1.165, 1.54) is 5.56 Å². The lowest BCUT2D eigenvalue weighted by atomic mass is 10.0. The van der Waals surface area contributed by atoms with Crippen molar-refractivity contribution in [1.29, 1.82) is 0 Å². The van der Waals surface area contributed by atoms with Crippen molar-refractivity contribution in [3.63, 3.8) is 0 Å². The van der Waals surface area contributed by atoms with Gasteiger partial charge in [-0.25, -0.2) is 4.79 Å². The lowest BCUT2D eigenvalue weighted by Crippen LogP contribution is -2.46. The molecular formula is C33H43N5O4. The van der Waals surface area contributed by atoms with E-state index in [1.54, 1.807) is 43.5 Å². The van der Waals surface area contributed by atoms with Gasteiger partial charge in [0.2, 0.25) is 0 Å². The molecule has 0 unspecified atom stereocenters. The number of methoxy groups -OCH3 is 1. The Balaban J connectivity index is 1.59. The van der Waals surface area contributed by atoms with Crippen LogP contribution in [0.4, 0.5) is 10.5 Å². The highest BCUT2D eigenvalue weighted by molar-refractivity contribution is 5.98. The molecule has 9 heteroatoms. The van der Waals surface area contributed by atoms with E-state index in [4.69, 9.17) is 9.47 Å². The lowest BCUT2D eigenvalue weighted by Gasteiger charge is -2.36. The topological polar surface area (TPSA) is 96.0 Å². The van der Waals surface area contributed by atoms with Crippen LogP contribution < -0.4 is 15.4 Å². The van der Waals surface area contributed by atoms with Crippen LogP contribution in [-0.2, 0) is 11.3 Å². The number of likely N-dealkylation sites (N-methyl/N-ethyl adjacent to an activating group) is 1. The largest absolute Gasteiger partial charge is 0.491 e. The molecule has 42 heavy (non-hydrogen) atoms. The maximum Gasteiger partial charge on any atom is 0.319 e. The summed E-state index contributed by atoms with van der Waals surface area (Å²) in [6.45, 7) is 10.4. The van der Waals surface area contributed by atoms with Crippen LogP contribution in [0, 0.1) is 5.92 Å². The van der Waals surface area contributed by atoms with Gasteiger partial charge < -0.3 is 25.0 Å². The quantitative estimate of drug-likeness (QED) is 0.416. The fraction of sp³-hybridized carbons (Fsp3) is 0.424. The van der Waals surface area contributed by atoms with E-state index in [2.05, 4.69) is 58.6 Å². The van der Waals surface area contributed by atoms with Crippen molar-refractivity contribution >= 4 is 17.6 Å². The molecule has 3 aromatic rings. The Morgan fingerprint density at radius 2 is 1.86 bits per heavy atom. The van der Waals surface area contributed by atoms with Gasteiger partial charge in [-0.15, -0.1) is 0 Å². The third-order valence-electron chi connectivity index (χ3n) is 7.55. The van der Waals surface area contributed by atoms with Gasteiger partial charge in [0, 0.05) is 69.4 Å². The van der Waals surface area contributed by atoms with Gasteiger partial charge in [-0.05, 0) is 56.5 Å². The van der Waals surface area contributed by atoms with Gasteiger partial charge in [-0.2, -0.15) is 0 Å². The first-order chi connectivity index (χ1) is 20.1. The first kappa shape index (κ1) is 31.0. The number of ether oxygens (including phenoxy) is 2. The van der Waals surface area contributed by atoms with E-state index in [0.717, 1.165) is 24.3 Å². The van der Waals surface area contributed by atoms with Gasteiger partial charge in [-0.1, -0.05) is 37.3 Å². The second kappa shape index (κ2) is 14.3. The second-order valence-electron chi connectivity index (χ2n) is 11.4. The number of hydrogen-bond acceptors (Lipinski definition) is 6. The van der Waals surface area contributed by atoms with Crippen molar-refractivity contribution < 1.29 is 19.1 Å². The fourth-order valence-corrected chi connectivity index (χ4v) is 5.12. The van der Waals surface area contributed by atoms with Crippen molar-refractivity contribution in [3.05, 3.63) is 78.0 Å². The summed E-state index contributed by atoms with van der Waals surface area (Å²) in [6, 6.07) is 19.3. The number of aromatic nitrogens is 1. The predicted molar refractivity (Wildman–Crippen MR) is 166 cm³/mol. The number of urea groups is 1. The van der Waals surface area contributed by atoms with Gasteiger partial charge >= 0.3 is 6.03 Å². The zero-order valence-electron chi connectivity index (χ0n) is 25.5.